The van der Waals surface area contributed by atoms with E-state index in [1.54, 1.807) is 31.2 Å². The van der Waals surface area contributed by atoms with E-state index in [1.165, 1.54) is 23.8 Å². The molecule has 31 heavy (non-hydrogen) atoms. The minimum Gasteiger partial charge on any atom is -0.465 e. The van der Waals surface area contributed by atoms with E-state index in [-0.39, 0.29) is 25.6 Å². The molecule has 2 amide bonds. The maximum Gasteiger partial charge on any atom is 0.302 e. The Morgan fingerprint density at radius 3 is 2.45 bits per heavy atom. The van der Waals surface area contributed by atoms with E-state index in [1.807, 2.05) is 0 Å². The molecule has 1 aromatic heterocycles. The monoisotopic (exact) mass is 427 g/mol. The maximum absolute atomic E-state index is 13.0. The van der Waals surface area contributed by atoms with Crippen LogP contribution in [0.3, 0.4) is 0 Å². The summed E-state index contributed by atoms with van der Waals surface area (Å²) in [5, 5.41) is 0. The predicted molar refractivity (Wildman–Crippen MR) is 106 cm³/mol. The lowest BCUT2D eigenvalue weighted by Crippen LogP contribution is -2.46. The first-order valence-electron chi connectivity index (χ1n) is 9.88. The number of nitrogens with zero attached hydrogens (tertiary/aromatic N) is 3. The van der Waals surface area contributed by atoms with Crippen LogP contribution in [0.1, 0.15) is 47.2 Å². The average Bonchev–Trinajstić information content (AvgIpc) is 3.26. The molecule has 1 aromatic carbocycles. The fourth-order valence-electron chi connectivity index (χ4n) is 3.87. The topological polar surface area (TPSA) is 117 Å². The summed E-state index contributed by atoms with van der Waals surface area (Å²) < 4.78 is 18.2. The predicted octanol–water partition coefficient (Wildman–Crippen LogP) is 1.16. The molecular formula is C21H21N3O7. The van der Waals surface area contributed by atoms with Crippen LogP contribution in [0.4, 0.5) is 0 Å². The number of carbonyl (C=O) groups excluding carboxylic acids is 3. The second-order valence-corrected chi connectivity index (χ2v) is 7.15. The second kappa shape index (κ2) is 8.31. The van der Waals surface area contributed by atoms with Crippen LogP contribution in [-0.2, 0) is 14.3 Å². The van der Waals surface area contributed by atoms with E-state index >= 15 is 0 Å². The van der Waals surface area contributed by atoms with E-state index in [4.69, 9.17) is 14.2 Å². The molecule has 4 rings (SSSR count). The molecule has 10 nitrogen and oxygen atoms in total. The van der Waals surface area contributed by atoms with E-state index in [9.17, 15) is 19.2 Å². The number of ether oxygens (including phenoxy) is 3. The van der Waals surface area contributed by atoms with Gasteiger partial charge in [0.25, 0.3) is 17.4 Å². The van der Waals surface area contributed by atoms with Crippen molar-refractivity contribution in [3.63, 3.8) is 0 Å². The average molecular weight is 427 g/mol. The van der Waals surface area contributed by atoms with Gasteiger partial charge in [0, 0.05) is 25.6 Å². The van der Waals surface area contributed by atoms with Crippen molar-refractivity contribution in [1.82, 2.24) is 14.5 Å². The van der Waals surface area contributed by atoms with Crippen LogP contribution in [0.25, 0.3) is 0 Å². The third-order valence-electron chi connectivity index (χ3n) is 5.20. The van der Waals surface area contributed by atoms with Crippen LogP contribution in [0, 0.1) is 0 Å². The van der Waals surface area contributed by atoms with Gasteiger partial charge in [-0.15, -0.1) is 0 Å². The van der Waals surface area contributed by atoms with Crippen LogP contribution >= 0.6 is 0 Å². The number of amides is 2. The minimum atomic E-state index is -0.759. The highest BCUT2D eigenvalue weighted by atomic mass is 16.6. The Balaban J connectivity index is 1.67. The van der Waals surface area contributed by atoms with Crippen LogP contribution in [0.2, 0.25) is 0 Å². The zero-order chi connectivity index (χ0) is 22.1. The first-order chi connectivity index (χ1) is 14.9. The molecule has 162 valence electrons. The second-order valence-electron chi connectivity index (χ2n) is 7.15. The smallest absolute Gasteiger partial charge is 0.302 e. The molecule has 0 bridgehead atoms. The number of benzene rings is 1. The number of hydrogen-bond donors (Lipinski definition) is 0. The number of rotatable bonds is 6. The third-order valence-corrected chi connectivity index (χ3v) is 5.20. The molecule has 0 saturated carbocycles. The van der Waals surface area contributed by atoms with Crippen molar-refractivity contribution in [3.05, 3.63) is 58.0 Å². The molecule has 3 atom stereocenters. The Morgan fingerprint density at radius 2 is 1.84 bits per heavy atom. The number of esters is 1. The van der Waals surface area contributed by atoms with Gasteiger partial charge >= 0.3 is 12.0 Å². The number of hydrogen-bond acceptors (Lipinski definition) is 8. The van der Waals surface area contributed by atoms with Crippen LogP contribution in [0.5, 0.6) is 6.01 Å². The lowest BCUT2D eigenvalue weighted by atomic mass is 10.1. The Morgan fingerprint density at radius 1 is 1.16 bits per heavy atom. The summed E-state index contributed by atoms with van der Waals surface area (Å²) in [6, 6.07) is 7.23. The summed E-state index contributed by atoms with van der Waals surface area (Å²) in [6.45, 7) is 3.16. The molecular weight excluding hydrogens is 406 g/mol. The largest absolute Gasteiger partial charge is 0.465 e. The lowest BCUT2D eigenvalue weighted by molar-refractivity contribution is -0.146. The van der Waals surface area contributed by atoms with E-state index in [0.29, 0.717) is 11.1 Å². The van der Waals surface area contributed by atoms with Gasteiger partial charge in [-0.25, -0.2) is 0 Å². The van der Waals surface area contributed by atoms with Gasteiger partial charge in [0.15, 0.2) is 0 Å². The summed E-state index contributed by atoms with van der Waals surface area (Å²) in [5.41, 5.74) is 0.176. The van der Waals surface area contributed by atoms with Crippen molar-refractivity contribution in [3.8, 4) is 6.01 Å². The normalized spacial score (nSPS) is 22.5. The maximum atomic E-state index is 13.0. The summed E-state index contributed by atoms with van der Waals surface area (Å²) in [4.78, 5) is 54.0. The van der Waals surface area contributed by atoms with Crippen molar-refractivity contribution in [2.75, 3.05) is 13.2 Å². The van der Waals surface area contributed by atoms with Crippen LogP contribution in [0.15, 0.2) is 41.3 Å². The Hall–Kier alpha value is -3.53. The summed E-state index contributed by atoms with van der Waals surface area (Å²) in [5.74, 6) is -1.36. The molecule has 2 aromatic rings. The summed E-state index contributed by atoms with van der Waals surface area (Å²) in [6.07, 6.45) is 0.246. The highest BCUT2D eigenvalue weighted by Gasteiger charge is 2.48. The first kappa shape index (κ1) is 20.7. The van der Waals surface area contributed by atoms with Gasteiger partial charge in [0.1, 0.15) is 18.9 Å². The van der Waals surface area contributed by atoms with Crippen molar-refractivity contribution in [1.29, 1.82) is 0 Å². The molecule has 2 aliphatic heterocycles. The highest BCUT2D eigenvalue weighted by Crippen LogP contribution is 2.37. The first-order valence-corrected chi connectivity index (χ1v) is 9.88. The molecule has 0 N–H and O–H groups in total. The van der Waals surface area contributed by atoms with Gasteiger partial charge < -0.3 is 14.2 Å². The number of aromatic nitrogens is 2. The third kappa shape index (κ3) is 3.81. The highest BCUT2D eigenvalue weighted by molar-refractivity contribution is 6.21. The van der Waals surface area contributed by atoms with Crippen molar-refractivity contribution < 1.29 is 28.6 Å². The molecule has 1 fully saturated rings. The molecule has 0 spiro atoms. The van der Waals surface area contributed by atoms with Gasteiger partial charge in [0.05, 0.1) is 23.8 Å². The zero-order valence-electron chi connectivity index (χ0n) is 17.0. The Kier molecular flexibility index (Phi) is 5.55. The van der Waals surface area contributed by atoms with Crippen LogP contribution < -0.4 is 10.3 Å². The summed E-state index contributed by atoms with van der Waals surface area (Å²) >= 11 is 0. The molecule has 10 heteroatoms. The fraction of sp³-hybridized carbons (Fsp3) is 0.381. The van der Waals surface area contributed by atoms with Crippen molar-refractivity contribution in [2.24, 2.45) is 0 Å². The number of fused-ring (bicyclic) bond motifs is 1. The standard InChI is InChI=1S/C21H21N3O7/c1-3-29-21-22-17(26)8-9-23(21)18-10-15(16(31-18)11-30-12(2)25)24-19(27)13-6-4-5-7-14(13)20(24)28/h4-9,15-16,18H,3,10-11H2,1-2H3/t15-,16+,18+/m0/s1. The fourth-order valence-corrected chi connectivity index (χ4v) is 3.87. The zero-order valence-corrected chi connectivity index (χ0v) is 17.0. The van der Waals surface area contributed by atoms with Crippen molar-refractivity contribution >= 4 is 17.8 Å². The van der Waals surface area contributed by atoms with Gasteiger partial charge in [-0.3, -0.25) is 28.6 Å². The minimum absolute atomic E-state index is 0.0641. The SMILES string of the molecule is CCOc1nc(=O)ccn1[C@H]1C[C@H](N2C(=O)c3ccccc3C2=O)[C@@H](COC(C)=O)O1. The molecule has 0 radical (unpaired) electrons. The molecule has 0 unspecified atom stereocenters. The quantitative estimate of drug-likeness (QED) is 0.498. The molecule has 0 aliphatic carbocycles. The summed E-state index contributed by atoms with van der Waals surface area (Å²) in [7, 11) is 0. The van der Waals surface area contributed by atoms with E-state index < -0.39 is 41.7 Å². The Bertz CT molecular complexity index is 1060. The van der Waals surface area contributed by atoms with Gasteiger partial charge in [-0.05, 0) is 19.1 Å². The molecule has 1 saturated heterocycles. The van der Waals surface area contributed by atoms with Gasteiger partial charge in [0.2, 0.25) is 0 Å². The number of imide groups is 1. The molecule has 3 heterocycles. The lowest BCUT2D eigenvalue weighted by Gasteiger charge is -2.25. The van der Waals surface area contributed by atoms with Gasteiger partial charge in [-0.1, -0.05) is 12.1 Å². The number of carbonyl (C=O) groups is 3. The van der Waals surface area contributed by atoms with Gasteiger partial charge in [-0.2, -0.15) is 4.98 Å². The van der Waals surface area contributed by atoms with Crippen LogP contribution in [-0.4, -0.2) is 57.6 Å². The van der Waals surface area contributed by atoms with E-state index in [0.717, 1.165) is 4.90 Å². The van der Waals surface area contributed by atoms with Crippen molar-refractivity contribution in [2.45, 2.75) is 38.6 Å². The molecule has 2 aliphatic rings. The van der Waals surface area contributed by atoms with E-state index in [2.05, 4.69) is 4.98 Å². The Labute approximate surface area is 177 Å².